The van der Waals surface area contributed by atoms with E-state index in [9.17, 15) is 8.42 Å². The maximum absolute atomic E-state index is 11.4. The van der Waals surface area contributed by atoms with Crippen molar-refractivity contribution in [3.63, 3.8) is 0 Å². The van der Waals surface area contributed by atoms with E-state index in [1.165, 1.54) is 24.3 Å². The molecule has 21 heavy (non-hydrogen) atoms. The van der Waals surface area contributed by atoms with Gasteiger partial charge in [0, 0.05) is 11.9 Å². The van der Waals surface area contributed by atoms with E-state index in [2.05, 4.69) is 9.97 Å². The van der Waals surface area contributed by atoms with E-state index >= 15 is 0 Å². The Morgan fingerprint density at radius 3 is 2.38 bits per heavy atom. The summed E-state index contributed by atoms with van der Waals surface area (Å²) in [4.78, 5) is 8.56. The van der Waals surface area contributed by atoms with Crippen LogP contribution in [0.25, 0.3) is 0 Å². The van der Waals surface area contributed by atoms with Crippen LogP contribution >= 0.6 is 12.2 Å². The molecule has 0 saturated carbocycles. The van der Waals surface area contributed by atoms with Gasteiger partial charge in [0.2, 0.25) is 0 Å². The summed E-state index contributed by atoms with van der Waals surface area (Å²) in [7, 11) is -3.24. The Morgan fingerprint density at radius 2 is 1.86 bits per heavy atom. The number of rotatable bonds is 4. The van der Waals surface area contributed by atoms with Gasteiger partial charge in [-0.15, -0.1) is 0 Å². The van der Waals surface area contributed by atoms with Crippen molar-refractivity contribution in [1.29, 1.82) is 0 Å². The Morgan fingerprint density at radius 1 is 1.24 bits per heavy atom. The van der Waals surface area contributed by atoms with Gasteiger partial charge in [-0.2, -0.15) is 4.98 Å². The van der Waals surface area contributed by atoms with Crippen molar-refractivity contribution in [2.45, 2.75) is 11.8 Å². The van der Waals surface area contributed by atoms with Gasteiger partial charge < -0.3 is 10.5 Å². The van der Waals surface area contributed by atoms with Crippen molar-refractivity contribution >= 4 is 27.0 Å². The number of nitrogens with zero attached hydrogens (tertiary/aromatic N) is 2. The lowest BCUT2D eigenvalue weighted by Gasteiger charge is -2.07. The van der Waals surface area contributed by atoms with Crippen LogP contribution in [0.1, 0.15) is 11.4 Å². The molecule has 0 radical (unpaired) electrons. The van der Waals surface area contributed by atoms with Gasteiger partial charge in [0.05, 0.1) is 4.90 Å². The Bertz CT molecular complexity index is 787. The lowest BCUT2D eigenvalue weighted by atomic mass is 10.3. The predicted molar refractivity (Wildman–Crippen MR) is 82.3 cm³/mol. The van der Waals surface area contributed by atoms with Crippen LogP contribution in [0, 0.1) is 6.92 Å². The average Bonchev–Trinajstić information content (AvgIpc) is 2.37. The van der Waals surface area contributed by atoms with Crippen LogP contribution in [0.3, 0.4) is 0 Å². The molecule has 0 amide bonds. The van der Waals surface area contributed by atoms with Gasteiger partial charge in [0.1, 0.15) is 16.4 Å². The standard InChI is InChI=1S/C13H13N3O3S2/c1-8-7-11(12(14)20)16-13(15-8)19-9-3-5-10(6-4-9)21(2,17)18/h3-7H,1-2H3,(H2,14,20). The SMILES string of the molecule is Cc1cc(C(N)=S)nc(Oc2ccc(S(C)(=O)=O)cc2)n1. The van der Waals surface area contributed by atoms with Gasteiger partial charge in [-0.3, -0.25) is 0 Å². The second-order valence-electron chi connectivity index (χ2n) is 4.39. The van der Waals surface area contributed by atoms with Crippen LogP contribution in [0.2, 0.25) is 0 Å². The van der Waals surface area contributed by atoms with E-state index in [-0.39, 0.29) is 15.9 Å². The van der Waals surface area contributed by atoms with Crippen LogP contribution in [0.15, 0.2) is 35.2 Å². The highest BCUT2D eigenvalue weighted by molar-refractivity contribution is 7.90. The molecular formula is C13H13N3O3S2. The Balaban J connectivity index is 2.28. The molecule has 1 heterocycles. The van der Waals surface area contributed by atoms with Crippen LogP contribution in [-0.2, 0) is 9.84 Å². The number of aromatic nitrogens is 2. The van der Waals surface area contributed by atoms with Gasteiger partial charge in [0.25, 0.3) is 0 Å². The third-order valence-corrected chi connectivity index (χ3v) is 3.88. The molecule has 0 spiro atoms. The fourth-order valence-corrected chi connectivity index (χ4v) is 2.31. The Labute approximate surface area is 127 Å². The van der Waals surface area contributed by atoms with Crippen molar-refractivity contribution in [2.75, 3.05) is 6.26 Å². The fraction of sp³-hybridized carbons (Fsp3) is 0.154. The molecule has 110 valence electrons. The number of thiocarbonyl (C=S) groups is 1. The molecule has 0 fully saturated rings. The highest BCUT2D eigenvalue weighted by Gasteiger charge is 2.09. The third kappa shape index (κ3) is 3.96. The molecule has 0 aliphatic heterocycles. The minimum atomic E-state index is -3.24. The molecule has 6 nitrogen and oxygen atoms in total. The predicted octanol–water partition coefficient (Wildman–Crippen LogP) is 1.62. The number of hydrogen-bond acceptors (Lipinski definition) is 6. The lowest BCUT2D eigenvalue weighted by Crippen LogP contribution is -2.13. The first kappa shape index (κ1) is 15.3. The smallest absolute Gasteiger partial charge is 0.322 e. The summed E-state index contributed by atoms with van der Waals surface area (Å²) in [6.45, 7) is 1.77. The molecule has 0 saturated heterocycles. The molecule has 2 rings (SSSR count). The summed E-state index contributed by atoms with van der Waals surface area (Å²) in [5.41, 5.74) is 6.61. The van der Waals surface area contributed by atoms with Gasteiger partial charge in [0.15, 0.2) is 9.84 Å². The van der Waals surface area contributed by atoms with E-state index in [0.717, 1.165) is 6.26 Å². The quantitative estimate of drug-likeness (QED) is 0.854. The van der Waals surface area contributed by atoms with Crippen molar-refractivity contribution in [3.05, 3.63) is 41.7 Å². The van der Waals surface area contributed by atoms with E-state index in [4.69, 9.17) is 22.7 Å². The summed E-state index contributed by atoms with van der Waals surface area (Å²) in [6.07, 6.45) is 1.14. The van der Waals surface area contributed by atoms with Crippen molar-refractivity contribution in [1.82, 2.24) is 9.97 Å². The number of aryl methyl sites for hydroxylation is 1. The van der Waals surface area contributed by atoms with Crippen molar-refractivity contribution < 1.29 is 13.2 Å². The summed E-state index contributed by atoms with van der Waals surface area (Å²) >= 11 is 4.87. The first-order valence-corrected chi connectivity index (χ1v) is 8.19. The second kappa shape index (κ2) is 5.74. The van der Waals surface area contributed by atoms with E-state index in [0.29, 0.717) is 17.1 Å². The first-order chi connectivity index (χ1) is 9.75. The van der Waals surface area contributed by atoms with Gasteiger partial charge in [-0.05, 0) is 37.3 Å². The van der Waals surface area contributed by atoms with Gasteiger partial charge in [-0.25, -0.2) is 13.4 Å². The molecule has 0 atom stereocenters. The molecule has 1 aromatic heterocycles. The summed E-state index contributed by atoms with van der Waals surface area (Å²) in [6, 6.07) is 7.72. The Hall–Kier alpha value is -2.06. The maximum atomic E-state index is 11.4. The van der Waals surface area contributed by atoms with Crippen LogP contribution in [0.4, 0.5) is 0 Å². The number of hydrogen-bond donors (Lipinski definition) is 1. The zero-order valence-corrected chi connectivity index (χ0v) is 13.0. The summed E-state index contributed by atoms with van der Waals surface area (Å²) in [5.74, 6) is 0.418. The van der Waals surface area contributed by atoms with Crippen molar-refractivity contribution in [2.24, 2.45) is 5.73 Å². The monoisotopic (exact) mass is 323 g/mol. The zero-order chi connectivity index (χ0) is 15.6. The highest BCUT2D eigenvalue weighted by atomic mass is 32.2. The number of sulfone groups is 1. The molecule has 0 aliphatic carbocycles. The van der Waals surface area contributed by atoms with E-state index in [1.807, 2.05) is 0 Å². The third-order valence-electron chi connectivity index (χ3n) is 2.55. The molecule has 0 unspecified atom stereocenters. The lowest BCUT2D eigenvalue weighted by molar-refractivity contribution is 0.439. The number of ether oxygens (including phenoxy) is 1. The van der Waals surface area contributed by atoms with E-state index < -0.39 is 9.84 Å². The fourth-order valence-electron chi connectivity index (χ4n) is 1.57. The number of nitrogens with two attached hydrogens (primary N) is 1. The van der Waals surface area contributed by atoms with E-state index in [1.54, 1.807) is 13.0 Å². The average molecular weight is 323 g/mol. The normalized spacial score (nSPS) is 11.1. The maximum Gasteiger partial charge on any atom is 0.322 e. The largest absolute Gasteiger partial charge is 0.424 e. The molecule has 2 N–H and O–H groups in total. The van der Waals surface area contributed by atoms with Gasteiger partial charge in [-0.1, -0.05) is 12.2 Å². The second-order valence-corrected chi connectivity index (χ2v) is 6.84. The summed E-state index contributed by atoms with van der Waals surface area (Å²) in [5, 5.41) is 0. The van der Waals surface area contributed by atoms with Crippen LogP contribution < -0.4 is 10.5 Å². The highest BCUT2D eigenvalue weighted by Crippen LogP contribution is 2.20. The van der Waals surface area contributed by atoms with Crippen molar-refractivity contribution in [3.8, 4) is 11.8 Å². The molecule has 0 bridgehead atoms. The van der Waals surface area contributed by atoms with Gasteiger partial charge >= 0.3 is 6.01 Å². The topological polar surface area (TPSA) is 95.2 Å². The molecule has 8 heteroatoms. The molecule has 1 aromatic carbocycles. The Kier molecular flexibility index (Phi) is 4.19. The molecule has 2 aromatic rings. The molecular weight excluding hydrogens is 310 g/mol. The first-order valence-electron chi connectivity index (χ1n) is 5.89. The zero-order valence-electron chi connectivity index (χ0n) is 11.4. The minimum Gasteiger partial charge on any atom is -0.424 e. The number of benzene rings is 1. The minimum absolute atomic E-state index is 0.102. The van der Waals surface area contributed by atoms with Crippen LogP contribution in [0.5, 0.6) is 11.8 Å². The summed E-state index contributed by atoms with van der Waals surface area (Å²) < 4.78 is 28.2. The molecule has 0 aliphatic rings. The van der Waals surface area contributed by atoms with Crippen LogP contribution in [-0.4, -0.2) is 29.6 Å².